The Morgan fingerprint density at radius 1 is 1.27 bits per heavy atom. The van der Waals surface area contributed by atoms with Crippen molar-refractivity contribution < 1.29 is 9.59 Å². The van der Waals surface area contributed by atoms with Crippen molar-refractivity contribution in [3.63, 3.8) is 0 Å². The molecule has 9 heteroatoms. The third-order valence-electron chi connectivity index (χ3n) is 8.35. The molecule has 2 aromatic rings. The van der Waals surface area contributed by atoms with Gasteiger partial charge in [-0.25, -0.2) is 4.79 Å². The number of nitriles is 1. The largest absolute Gasteiger partial charge is 0.389 e. The molecule has 2 heterocycles. The van der Waals surface area contributed by atoms with Gasteiger partial charge >= 0.3 is 6.03 Å². The van der Waals surface area contributed by atoms with E-state index in [1.807, 2.05) is 31.1 Å². The van der Waals surface area contributed by atoms with Gasteiger partial charge in [0.1, 0.15) is 11.1 Å². The van der Waals surface area contributed by atoms with Gasteiger partial charge < -0.3 is 20.9 Å². The molecule has 3 amide bonds. The molecule has 3 aliphatic rings. The number of carbonyl (C=O) groups is 2. The normalized spacial score (nSPS) is 24.6. The number of nitrogens with one attached hydrogen (secondary N) is 1. The molecule has 1 saturated heterocycles. The average molecular weight is 521 g/mol. The molecule has 5 rings (SSSR count). The van der Waals surface area contributed by atoms with Gasteiger partial charge in [-0.15, -0.1) is 11.3 Å². The highest BCUT2D eigenvalue weighted by Gasteiger charge is 2.45. The Labute approximate surface area is 223 Å². The fraction of sp³-hybridized carbons (Fsp3) is 0.536. The molecule has 3 N–H and O–H groups in total. The molecule has 0 unspecified atom stereocenters. The third kappa shape index (κ3) is 4.86. The molecule has 37 heavy (non-hydrogen) atoms. The number of anilines is 1. The van der Waals surface area contributed by atoms with E-state index in [2.05, 4.69) is 35.5 Å². The van der Waals surface area contributed by atoms with E-state index in [1.54, 1.807) is 0 Å². The summed E-state index contributed by atoms with van der Waals surface area (Å²) < 4.78 is 0. The summed E-state index contributed by atoms with van der Waals surface area (Å²) in [7, 11) is 6.01. The number of nitrogens with zero attached hydrogens (tertiary/aromatic N) is 4. The zero-order valence-electron chi connectivity index (χ0n) is 21.9. The fourth-order valence-electron chi connectivity index (χ4n) is 6.52. The number of carbonyl (C=O) groups excluding carboxylic acids is 2. The van der Waals surface area contributed by atoms with Crippen LogP contribution in [0.2, 0.25) is 0 Å². The number of fused-ring (bicyclic) bond motifs is 3. The second kappa shape index (κ2) is 10.4. The lowest BCUT2D eigenvalue weighted by molar-refractivity contribution is -0.138. The van der Waals surface area contributed by atoms with E-state index in [9.17, 15) is 14.9 Å². The first-order chi connectivity index (χ1) is 17.8. The summed E-state index contributed by atoms with van der Waals surface area (Å²) in [6.07, 6.45) is 3.95. The topological polar surface area (TPSA) is 106 Å². The molecule has 8 nitrogen and oxygen atoms in total. The van der Waals surface area contributed by atoms with Crippen LogP contribution in [0.25, 0.3) is 0 Å². The van der Waals surface area contributed by atoms with Crippen LogP contribution in [0, 0.1) is 23.2 Å². The third-order valence-corrected chi connectivity index (χ3v) is 9.43. The Morgan fingerprint density at radius 2 is 2.05 bits per heavy atom. The number of imide groups is 1. The van der Waals surface area contributed by atoms with Crippen LogP contribution in [0.5, 0.6) is 0 Å². The quantitative estimate of drug-likeness (QED) is 0.628. The summed E-state index contributed by atoms with van der Waals surface area (Å²) in [6.45, 7) is 1.81. The Morgan fingerprint density at radius 3 is 2.81 bits per heavy atom. The number of nitrogen functional groups attached to an aromatic ring is 1. The Kier molecular flexibility index (Phi) is 7.26. The molecular weight excluding hydrogens is 484 g/mol. The maximum Gasteiger partial charge on any atom is 0.324 e. The minimum absolute atomic E-state index is 0.0921. The molecule has 0 saturated carbocycles. The van der Waals surface area contributed by atoms with Crippen molar-refractivity contribution in [2.75, 3.05) is 46.5 Å². The minimum atomic E-state index is -0.304. The zero-order chi connectivity index (χ0) is 26.3. The van der Waals surface area contributed by atoms with E-state index in [1.165, 1.54) is 26.7 Å². The van der Waals surface area contributed by atoms with Gasteiger partial charge in [0.2, 0.25) is 5.91 Å². The maximum absolute atomic E-state index is 14.2. The van der Waals surface area contributed by atoms with Gasteiger partial charge in [-0.05, 0) is 75.9 Å². The first-order valence-electron chi connectivity index (χ1n) is 13.1. The van der Waals surface area contributed by atoms with Crippen molar-refractivity contribution in [1.82, 2.24) is 20.0 Å². The van der Waals surface area contributed by atoms with E-state index in [-0.39, 0.29) is 29.8 Å². The van der Waals surface area contributed by atoms with Gasteiger partial charge in [0, 0.05) is 30.6 Å². The molecule has 1 aromatic heterocycles. The Hall–Kier alpha value is -2.93. The number of hydrogen-bond acceptors (Lipinski definition) is 7. The highest BCUT2D eigenvalue weighted by atomic mass is 32.1. The fourth-order valence-corrected chi connectivity index (χ4v) is 7.62. The lowest BCUT2D eigenvalue weighted by Crippen LogP contribution is -2.56. The molecule has 1 aliphatic heterocycles. The molecule has 4 atom stereocenters. The average Bonchev–Trinajstić information content (AvgIpc) is 3.42. The number of rotatable bonds is 5. The number of hydrogen-bond donors (Lipinski definition) is 2. The van der Waals surface area contributed by atoms with Crippen molar-refractivity contribution in [1.29, 1.82) is 5.26 Å². The van der Waals surface area contributed by atoms with Crippen LogP contribution in [0.1, 0.15) is 46.0 Å². The summed E-state index contributed by atoms with van der Waals surface area (Å²) in [5.41, 5.74) is 10.1. The number of urea groups is 1. The van der Waals surface area contributed by atoms with Crippen LogP contribution in [0.3, 0.4) is 0 Å². The number of aryl methyl sites for hydroxylation is 1. The molecular formula is C28H36N6O2S. The van der Waals surface area contributed by atoms with E-state index in [0.29, 0.717) is 42.7 Å². The van der Waals surface area contributed by atoms with Crippen LogP contribution in [0.4, 0.5) is 9.80 Å². The second-order valence-corrected chi connectivity index (χ2v) is 12.1. The minimum Gasteiger partial charge on any atom is -0.389 e. The van der Waals surface area contributed by atoms with Gasteiger partial charge in [-0.2, -0.15) is 5.26 Å². The van der Waals surface area contributed by atoms with E-state index < -0.39 is 0 Å². The van der Waals surface area contributed by atoms with E-state index in [0.717, 1.165) is 36.8 Å². The number of nitrogens with two attached hydrogens (primary N) is 1. The second-order valence-electron chi connectivity index (χ2n) is 11.0. The lowest BCUT2D eigenvalue weighted by Gasteiger charge is -2.46. The standard InChI is InChI=1S/C28H36N6O2S/c1-32(2)11-10-31-28(36)34(23-9-8-17-6-4-5-7-20(17)23)27(35)19-12-18-13-21-22(15-29)26(30)37-25(21)14-24(18)33(3)16-19/h4-7,18-19,23-24H,8-14,16,30H2,1-3H3,(H,31,36)/t18-,19-,23+,24-/m1/s1. The van der Waals surface area contributed by atoms with Gasteiger partial charge in [0.05, 0.1) is 17.5 Å². The first-order valence-corrected chi connectivity index (χ1v) is 13.9. The summed E-state index contributed by atoms with van der Waals surface area (Å²) in [5.74, 6) is -0.122. The van der Waals surface area contributed by atoms with Crippen molar-refractivity contribution >= 4 is 28.3 Å². The number of amides is 3. The SMILES string of the molecule is CN(C)CCNC(=O)N(C(=O)[C@@H]1C[C@@H]2Cc3c(sc(N)c3C#N)C[C@H]2N(C)C1)[C@H]1CCc2ccccc21. The number of likely N-dealkylation sites (N-methyl/N-ethyl adjacent to an activating group) is 2. The summed E-state index contributed by atoms with van der Waals surface area (Å²) in [5, 5.41) is 13.3. The first kappa shape index (κ1) is 25.7. The van der Waals surface area contributed by atoms with E-state index in [4.69, 9.17) is 5.73 Å². The lowest BCUT2D eigenvalue weighted by atomic mass is 9.74. The van der Waals surface area contributed by atoms with Crippen molar-refractivity contribution in [2.45, 2.75) is 44.2 Å². The van der Waals surface area contributed by atoms with E-state index >= 15 is 0 Å². The molecule has 0 spiro atoms. The molecule has 0 bridgehead atoms. The number of benzene rings is 1. The van der Waals surface area contributed by atoms with Gasteiger partial charge in [0.15, 0.2) is 0 Å². The predicted molar refractivity (Wildman–Crippen MR) is 145 cm³/mol. The monoisotopic (exact) mass is 520 g/mol. The Bertz CT molecular complexity index is 1230. The molecule has 2 aliphatic carbocycles. The smallest absolute Gasteiger partial charge is 0.324 e. The van der Waals surface area contributed by atoms with Gasteiger partial charge in [0.25, 0.3) is 0 Å². The highest BCUT2D eigenvalue weighted by molar-refractivity contribution is 7.16. The number of likely N-dealkylation sites (tertiary alicyclic amines) is 1. The molecule has 1 fully saturated rings. The van der Waals surface area contributed by atoms with Crippen LogP contribution in [-0.2, 0) is 24.1 Å². The van der Waals surface area contributed by atoms with Gasteiger partial charge in [-0.1, -0.05) is 24.3 Å². The van der Waals surface area contributed by atoms with Crippen LogP contribution in [0.15, 0.2) is 24.3 Å². The number of thiophene rings is 1. The van der Waals surface area contributed by atoms with Crippen LogP contribution in [-0.4, -0.2) is 73.5 Å². The van der Waals surface area contributed by atoms with Crippen molar-refractivity contribution in [3.05, 3.63) is 51.4 Å². The Balaban J connectivity index is 1.39. The van der Waals surface area contributed by atoms with Crippen molar-refractivity contribution in [3.8, 4) is 6.07 Å². The summed E-state index contributed by atoms with van der Waals surface area (Å²) in [4.78, 5) is 34.7. The van der Waals surface area contributed by atoms with Crippen LogP contribution < -0.4 is 11.1 Å². The van der Waals surface area contributed by atoms with Gasteiger partial charge in [-0.3, -0.25) is 9.69 Å². The maximum atomic E-state index is 14.2. The summed E-state index contributed by atoms with van der Waals surface area (Å²) >= 11 is 1.53. The molecule has 196 valence electrons. The highest BCUT2D eigenvalue weighted by Crippen LogP contribution is 2.44. The van der Waals surface area contributed by atoms with Crippen LogP contribution >= 0.6 is 11.3 Å². The molecule has 1 aromatic carbocycles. The molecule has 0 radical (unpaired) electrons. The van der Waals surface area contributed by atoms with Crippen molar-refractivity contribution in [2.24, 2.45) is 11.8 Å². The predicted octanol–water partition coefficient (Wildman–Crippen LogP) is 3.02. The zero-order valence-corrected chi connectivity index (χ0v) is 22.7. The number of piperidine rings is 1. The summed E-state index contributed by atoms with van der Waals surface area (Å²) in [6, 6.07) is 10.2.